The van der Waals surface area contributed by atoms with E-state index in [1.807, 2.05) is 6.92 Å². The molecular formula is C32H23F7O2. The molecule has 9 heteroatoms. The summed E-state index contributed by atoms with van der Waals surface area (Å²) >= 11 is 0. The number of carbonyl (C=O) groups excluding carboxylic acids is 1. The number of hydrogen-bond donors (Lipinski definition) is 0. The maximum atomic E-state index is 15.0. The maximum absolute atomic E-state index is 15.0. The van der Waals surface area contributed by atoms with Crippen molar-refractivity contribution in [1.82, 2.24) is 0 Å². The molecule has 4 aromatic carbocycles. The highest BCUT2D eigenvalue weighted by atomic mass is 19.3. The smallest absolute Gasteiger partial charge is 0.346 e. The highest BCUT2D eigenvalue weighted by molar-refractivity contribution is 5.92. The average Bonchev–Trinajstić information content (AvgIpc) is 2.90. The molecule has 0 saturated heterocycles. The highest BCUT2D eigenvalue weighted by Crippen LogP contribution is 2.31. The van der Waals surface area contributed by atoms with Crippen molar-refractivity contribution in [2.75, 3.05) is 0 Å². The second-order valence-electron chi connectivity index (χ2n) is 9.18. The molecule has 4 rings (SSSR count). The van der Waals surface area contributed by atoms with Gasteiger partial charge in [0.15, 0.2) is 0 Å². The fourth-order valence-corrected chi connectivity index (χ4v) is 4.29. The fraction of sp³-hybridized carbons (Fsp3) is 0.156. The van der Waals surface area contributed by atoms with Gasteiger partial charge in [-0.15, -0.1) is 0 Å². The first-order chi connectivity index (χ1) is 19.6. The Bertz CT molecular complexity index is 1590. The lowest BCUT2D eigenvalue weighted by Gasteiger charge is -2.11. The third kappa shape index (κ3) is 7.03. The predicted octanol–water partition coefficient (Wildman–Crippen LogP) is 9.25. The van der Waals surface area contributed by atoms with Gasteiger partial charge in [0.2, 0.25) is 0 Å². The van der Waals surface area contributed by atoms with Crippen LogP contribution in [-0.4, -0.2) is 12.4 Å². The van der Waals surface area contributed by atoms with Crippen molar-refractivity contribution in [2.24, 2.45) is 0 Å². The number of allylic oxidation sites excluding steroid dienone is 2. The van der Waals surface area contributed by atoms with Gasteiger partial charge in [-0.25, -0.2) is 35.5 Å². The molecule has 0 heterocycles. The molecule has 0 aliphatic heterocycles. The molecule has 2 nitrogen and oxygen atoms in total. The zero-order valence-electron chi connectivity index (χ0n) is 21.7. The Morgan fingerprint density at radius 1 is 0.756 bits per heavy atom. The summed E-state index contributed by atoms with van der Waals surface area (Å²) in [5.41, 5.74) is 0.322. The van der Waals surface area contributed by atoms with Crippen LogP contribution >= 0.6 is 0 Å². The first-order valence-electron chi connectivity index (χ1n) is 12.6. The first-order valence-corrected chi connectivity index (χ1v) is 12.6. The van der Waals surface area contributed by atoms with Crippen LogP contribution in [0.25, 0.3) is 22.3 Å². The van der Waals surface area contributed by atoms with Gasteiger partial charge >= 0.3 is 5.97 Å². The van der Waals surface area contributed by atoms with Crippen LogP contribution in [0.15, 0.2) is 78.9 Å². The Labute approximate surface area is 231 Å². The molecule has 0 aliphatic rings. The number of benzene rings is 4. The fourth-order valence-electron chi connectivity index (χ4n) is 4.29. The summed E-state index contributed by atoms with van der Waals surface area (Å²) < 4.78 is 102. The molecule has 0 fully saturated rings. The van der Waals surface area contributed by atoms with Crippen LogP contribution in [0.5, 0.6) is 5.75 Å². The van der Waals surface area contributed by atoms with Crippen molar-refractivity contribution in [3.63, 3.8) is 0 Å². The van der Waals surface area contributed by atoms with E-state index in [0.717, 1.165) is 36.3 Å². The number of esters is 1. The normalized spacial score (nSPS) is 11.4. The lowest BCUT2D eigenvalue weighted by molar-refractivity contribution is 0.0729. The van der Waals surface area contributed by atoms with Crippen LogP contribution in [0.4, 0.5) is 30.7 Å². The summed E-state index contributed by atoms with van der Waals surface area (Å²) in [6, 6.07) is 13.3. The molecule has 0 N–H and O–H groups in total. The van der Waals surface area contributed by atoms with Gasteiger partial charge in [-0.3, -0.25) is 0 Å². The number of halogens is 7. The van der Waals surface area contributed by atoms with Crippen LogP contribution in [0.1, 0.15) is 34.8 Å². The number of ether oxygens (including phenoxy) is 1. The van der Waals surface area contributed by atoms with Crippen molar-refractivity contribution < 1.29 is 40.3 Å². The molecule has 0 aliphatic carbocycles. The van der Waals surface area contributed by atoms with Gasteiger partial charge in [0.05, 0.1) is 5.56 Å². The summed E-state index contributed by atoms with van der Waals surface area (Å²) in [7, 11) is 0. The minimum atomic E-state index is -2.78. The molecule has 0 spiro atoms. The van der Waals surface area contributed by atoms with Gasteiger partial charge in [0.1, 0.15) is 34.8 Å². The third-order valence-electron chi connectivity index (χ3n) is 6.28. The maximum Gasteiger partial charge on any atom is 0.346 e. The van der Waals surface area contributed by atoms with Crippen LogP contribution in [0.3, 0.4) is 0 Å². The van der Waals surface area contributed by atoms with Crippen LogP contribution in [0, 0.1) is 29.1 Å². The van der Waals surface area contributed by atoms with Crippen molar-refractivity contribution in [3.05, 3.63) is 125 Å². The number of hydrogen-bond acceptors (Lipinski definition) is 2. The molecule has 0 bridgehead atoms. The molecular weight excluding hydrogens is 549 g/mol. The molecule has 0 radical (unpaired) electrons. The zero-order valence-corrected chi connectivity index (χ0v) is 21.7. The molecule has 41 heavy (non-hydrogen) atoms. The van der Waals surface area contributed by atoms with Gasteiger partial charge in [-0.05, 0) is 59.9 Å². The monoisotopic (exact) mass is 572 g/mol. The summed E-state index contributed by atoms with van der Waals surface area (Å²) in [4.78, 5) is 12.5. The Balaban J connectivity index is 1.52. The number of carbonyl (C=O) groups is 1. The molecule has 4 aromatic rings. The second-order valence-corrected chi connectivity index (χ2v) is 9.18. The van der Waals surface area contributed by atoms with E-state index in [-0.39, 0.29) is 16.7 Å². The van der Waals surface area contributed by atoms with Crippen LogP contribution in [0.2, 0.25) is 0 Å². The Morgan fingerprint density at radius 2 is 1.34 bits per heavy atom. The van der Waals surface area contributed by atoms with Crippen molar-refractivity contribution in [3.8, 4) is 28.0 Å². The van der Waals surface area contributed by atoms with E-state index in [2.05, 4.69) is 0 Å². The Morgan fingerprint density at radius 3 is 1.90 bits per heavy atom. The third-order valence-corrected chi connectivity index (χ3v) is 6.28. The summed E-state index contributed by atoms with van der Waals surface area (Å²) in [6.07, 6.45) is -0.298. The molecule has 212 valence electrons. The van der Waals surface area contributed by atoms with Crippen LogP contribution in [-0.2, 0) is 12.8 Å². The zero-order chi connectivity index (χ0) is 29.7. The average molecular weight is 573 g/mol. The van der Waals surface area contributed by atoms with Crippen molar-refractivity contribution >= 4 is 5.97 Å². The van der Waals surface area contributed by atoms with E-state index < -0.39 is 64.8 Å². The van der Waals surface area contributed by atoms with Gasteiger partial charge in [0.25, 0.3) is 6.43 Å². The number of rotatable bonds is 9. The molecule has 0 aromatic heterocycles. The van der Waals surface area contributed by atoms with Gasteiger partial charge in [-0.2, -0.15) is 0 Å². The lowest BCUT2D eigenvalue weighted by Crippen LogP contribution is -2.11. The summed E-state index contributed by atoms with van der Waals surface area (Å²) in [5, 5.41) is 0. The predicted molar refractivity (Wildman–Crippen MR) is 141 cm³/mol. The molecule has 0 amide bonds. The van der Waals surface area contributed by atoms with Gasteiger partial charge in [0, 0.05) is 28.8 Å². The van der Waals surface area contributed by atoms with Crippen molar-refractivity contribution in [2.45, 2.75) is 32.6 Å². The number of alkyl halides is 2. The lowest BCUT2D eigenvalue weighted by atomic mass is 9.97. The standard InChI is InChI=1S/C32H23F7O2/c1-2-4-18-7-10-22(26(33)13-18)19-8-11-23(27(34)14-19)20-9-12-25(28(35)15-20)32(40)41-21-16-29(36)24(30(37)17-21)5-3-6-31(38)39/h3,6-17,31H,2,4-5H2,1H3. The van der Waals surface area contributed by atoms with E-state index in [4.69, 9.17) is 4.74 Å². The minimum absolute atomic E-state index is 0.00352. The Hall–Kier alpha value is -4.40. The van der Waals surface area contributed by atoms with Crippen molar-refractivity contribution in [1.29, 1.82) is 0 Å². The van der Waals surface area contributed by atoms with E-state index in [1.54, 1.807) is 12.1 Å². The van der Waals surface area contributed by atoms with E-state index in [1.165, 1.54) is 24.3 Å². The van der Waals surface area contributed by atoms with Gasteiger partial charge < -0.3 is 4.74 Å². The quantitative estimate of drug-likeness (QED) is 0.0865. The largest absolute Gasteiger partial charge is 0.423 e. The topological polar surface area (TPSA) is 26.3 Å². The molecule has 0 saturated carbocycles. The molecule has 0 unspecified atom stereocenters. The SMILES string of the molecule is CCCc1ccc(-c2ccc(-c3ccc(C(=O)Oc4cc(F)c(CC=CC(F)F)c(F)c4)c(F)c3)c(F)c2)c(F)c1. The van der Waals surface area contributed by atoms with Gasteiger partial charge in [-0.1, -0.05) is 49.8 Å². The molecule has 0 atom stereocenters. The van der Waals surface area contributed by atoms with Crippen LogP contribution < -0.4 is 4.74 Å². The Kier molecular flexibility index (Phi) is 9.27. The summed E-state index contributed by atoms with van der Waals surface area (Å²) in [6.45, 7) is 1.97. The van der Waals surface area contributed by atoms with E-state index in [0.29, 0.717) is 30.2 Å². The number of aryl methyl sites for hydroxylation is 1. The van der Waals surface area contributed by atoms with E-state index >= 15 is 4.39 Å². The highest BCUT2D eigenvalue weighted by Gasteiger charge is 2.19. The second kappa shape index (κ2) is 12.8. The minimum Gasteiger partial charge on any atom is -0.423 e. The first kappa shape index (κ1) is 29.6. The van der Waals surface area contributed by atoms with E-state index in [9.17, 15) is 31.1 Å². The summed E-state index contributed by atoms with van der Waals surface area (Å²) in [5.74, 6) is -6.43.